The van der Waals surface area contributed by atoms with Crippen LogP contribution in [0.1, 0.15) is 55.7 Å². The fourth-order valence-electron chi connectivity index (χ4n) is 5.81. The van der Waals surface area contributed by atoms with Gasteiger partial charge in [-0.1, -0.05) is 13.8 Å². The van der Waals surface area contributed by atoms with Crippen molar-refractivity contribution >= 4 is 22.7 Å². The lowest BCUT2D eigenvalue weighted by molar-refractivity contribution is 0.0587. The van der Waals surface area contributed by atoms with Crippen LogP contribution in [0.15, 0.2) is 30.3 Å². The first kappa shape index (κ1) is 27.5. The molecule has 0 unspecified atom stereocenters. The van der Waals surface area contributed by atoms with E-state index >= 15 is 0 Å². The molecule has 2 fully saturated rings. The van der Waals surface area contributed by atoms with Gasteiger partial charge in [0, 0.05) is 58.5 Å². The van der Waals surface area contributed by atoms with Gasteiger partial charge in [-0.05, 0) is 56.0 Å². The SMILES string of the molecule is CCOCCN1CCN(C2CCN(c3cc(C(=O)O)nc4c3c(C(C)C)nn4-c3ccc(F)cc3)CC2)CC1. The Balaban J connectivity index is 1.38. The number of aromatic nitrogens is 3. The number of hydrogen-bond donors (Lipinski definition) is 1. The monoisotopic (exact) mass is 538 g/mol. The van der Waals surface area contributed by atoms with E-state index in [-0.39, 0.29) is 17.4 Å². The minimum atomic E-state index is -1.08. The molecule has 0 bridgehead atoms. The summed E-state index contributed by atoms with van der Waals surface area (Å²) in [7, 11) is 0. The third-order valence-corrected chi connectivity index (χ3v) is 7.97. The normalized spacial score (nSPS) is 17.9. The Morgan fingerprint density at radius 2 is 1.79 bits per heavy atom. The number of pyridine rings is 1. The minimum Gasteiger partial charge on any atom is -0.477 e. The summed E-state index contributed by atoms with van der Waals surface area (Å²) >= 11 is 0. The van der Waals surface area contributed by atoms with Crippen LogP contribution in [-0.2, 0) is 4.74 Å². The van der Waals surface area contributed by atoms with Crippen LogP contribution in [-0.4, -0.2) is 101 Å². The highest BCUT2D eigenvalue weighted by atomic mass is 19.1. The molecule has 1 N–H and O–H groups in total. The van der Waals surface area contributed by atoms with Gasteiger partial charge in [0.25, 0.3) is 0 Å². The molecule has 4 heterocycles. The summed E-state index contributed by atoms with van der Waals surface area (Å²) < 4.78 is 20.8. The molecule has 0 amide bonds. The lowest BCUT2D eigenvalue weighted by Crippen LogP contribution is -2.53. The van der Waals surface area contributed by atoms with Crippen LogP contribution < -0.4 is 4.90 Å². The number of hydrogen-bond acceptors (Lipinski definition) is 7. The Morgan fingerprint density at radius 3 is 2.41 bits per heavy atom. The lowest BCUT2D eigenvalue weighted by Gasteiger charge is -2.43. The second kappa shape index (κ2) is 12.0. The van der Waals surface area contributed by atoms with Crippen LogP contribution in [0.3, 0.4) is 0 Å². The van der Waals surface area contributed by atoms with Gasteiger partial charge in [-0.25, -0.2) is 18.9 Å². The number of piperazine rings is 1. The van der Waals surface area contributed by atoms with E-state index in [2.05, 4.69) is 33.5 Å². The van der Waals surface area contributed by atoms with E-state index in [1.807, 2.05) is 6.92 Å². The van der Waals surface area contributed by atoms with Gasteiger partial charge in [-0.15, -0.1) is 0 Å². The van der Waals surface area contributed by atoms with Gasteiger partial charge in [0.15, 0.2) is 11.3 Å². The molecule has 2 aromatic heterocycles. The van der Waals surface area contributed by atoms with Crippen molar-refractivity contribution in [1.82, 2.24) is 24.6 Å². The molecule has 0 aliphatic carbocycles. The zero-order valence-corrected chi connectivity index (χ0v) is 23.1. The van der Waals surface area contributed by atoms with E-state index in [1.54, 1.807) is 22.9 Å². The number of piperidine rings is 1. The van der Waals surface area contributed by atoms with Crippen LogP contribution in [0.25, 0.3) is 16.7 Å². The molecule has 2 saturated heterocycles. The molecule has 0 atom stereocenters. The van der Waals surface area contributed by atoms with Gasteiger partial charge in [0.2, 0.25) is 0 Å². The number of benzene rings is 1. The van der Waals surface area contributed by atoms with Gasteiger partial charge in [0.05, 0.1) is 29.1 Å². The second-order valence-electron chi connectivity index (χ2n) is 10.8. The molecule has 3 aromatic rings. The second-order valence-corrected chi connectivity index (χ2v) is 10.8. The molecular formula is C29H39FN6O3. The number of halogens is 1. The van der Waals surface area contributed by atoms with Crippen molar-refractivity contribution in [2.75, 3.05) is 63.9 Å². The first-order valence-electron chi connectivity index (χ1n) is 14.1. The highest BCUT2D eigenvalue weighted by Crippen LogP contribution is 2.36. The van der Waals surface area contributed by atoms with Crippen molar-refractivity contribution < 1.29 is 19.0 Å². The average Bonchev–Trinajstić information content (AvgIpc) is 3.34. The standard InChI is InChI=1S/C29H39FN6O3/c1-4-39-18-17-33-13-15-34(16-14-33)22-9-11-35(12-10-22)25-19-24(29(37)38)31-28-26(25)27(20(2)3)32-36(28)23-7-5-21(30)6-8-23/h5-8,19-20,22H,4,9-18H2,1-3H3,(H,37,38). The van der Waals surface area contributed by atoms with E-state index in [0.717, 1.165) is 88.6 Å². The van der Waals surface area contributed by atoms with Gasteiger partial charge < -0.3 is 14.7 Å². The third-order valence-electron chi connectivity index (χ3n) is 7.97. The molecule has 5 rings (SSSR count). The first-order chi connectivity index (χ1) is 18.9. The van der Waals surface area contributed by atoms with Crippen molar-refractivity contribution in [1.29, 1.82) is 0 Å². The third kappa shape index (κ3) is 5.92. The smallest absolute Gasteiger partial charge is 0.354 e. The van der Waals surface area contributed by atoms with Crippen molar-refractivity contribution in [2.45, 2.75) is 45.6 Å². The molecule has 1 aromatic carbocycles. The minimum absolute atomic E-state index is 0.0126. The van der Waals surface area contributed by atoms with E-state index in [1.165, 1.54) is 12.1 Å². The number of ether oxygens (including phenoxy) is 1. The Hall–Kier alpha value is -3.08. The maximum Gasteiger partial charge on any atom is 0.354 e. The Labute approximate surface area is 229 Å². The number of carboxylic acids is 1. The largest absolute Gasteiger partial charge is 0.477 e. The maximum atomic E-state index is 13.6. The van der Waals surface area contributed by atoms with E-state index in [9.17, 15) is 14.3 Å². The molecule has 210 valence electrons. The average molecular weight is 539 g/mol. The van der Waals surface area contributed by atoms with Gasteiger partial charge in [0.1, 0.15) is 5.82 Å². The number of aromatic carboxylic acids is 1. The summed E-state index contributed by atoms with van der Waals surface area (Å²) in [6.45, 7) is 14.7. The number of anilines is 1. The van der Waals surface area contributed by atoms with E-state index in [0.29, 0.717) is 17.4 Å². The number of rotatable bonds is 9. The quantitative estimate of drug-likeness (QED) is 0.409. The Morgan fingerprint density at radius 1 is 1.10 bits per heavy atom. The van der Waals surface area contributed by atoms with E-state index < -0.39 is 5.97 Å². The summed E-state index contributed by atoms with van der Waals surface area (Å²) in [4.78, 5) is 24.0. The van der Waals surface area contributed by atoms with Gasteiger partial charge >= 0.3 is 5.97 Å². The van der Waals surface area contributed by atoms with Gasteiger partial charge in [-0.3, -0.25) is 9.80 Å². The number of fused-ring (bicyclic) bond motifs is 1. The predicted molar refractivity (Wildman–Crippen MR) is 150 cm³/mol. The molecule has 0 saturated carbocycles. The summed E-state index contributed by atoms with van der Waals surface area (Å²) in [6.07, 6.45) is 2.04. The molecule has 10 heteroatoms. The number of nitrogens with zero attached hydrogens (tertiary/aromatic N) is 6. The van der Waals surface area contributed by atoms with Crippen molar-refractivity contribution in [3.8, 4) is 5.69 Å². The molecule has 0 spiro atoms. The summed E-state index contributed by atoms with van der Waals surface area (Å²) in [5, 5.41) is 15.6. The summed E-state index contributed by atoms with van der Waals surface area (Å²) in [6, 6.07) is 8.27. The summed E-state index contributed by atoms with van der Waals surface area (Å²) in [5.74, 6) is -1.32. The number of carboxylic acid groups (broad SMARTS) is 1. The highest BCUT2D eigenvalue weighted by Gasteiger charge is 2.30. The Bertz CT molecular complexity index is 1280. The van der Waals surface area contributed by atoms with Crippen molar-refractivity contribution in [3.05, 3.63) is 47.5 Å². The van der Waals surface area contributed by atoms with Crippen LogP contribution in [0, 0.1) is 5.82 Å². The number of carbonyl (C=O) groups is 1. The molecule has 9 nitrogen and oxygen atoms in total. The predicted octanol–water partition coefficient (Wildman–Crippen LogP) is 4.00. The summed E-state index contributed by atoms with van der Waals surface area (Å²) in [5.41, 5.74) is 2.85. The zero-order valence-electron chi connectivity index (χ0n) is 23.1. The fourth-order valence-corrected chi connectivity index (χ4v) is 5.81. The fraction of sp³-hybridized carbons (Fsp3) is 0.552. The first-order valence-corrected chi connectivity index (χ1v) is 14.1. The van der Waals surface area contributed by atoms with E-state index in [4.69, 9.17) is 9.84 Å². The van der Waals surface area contributed by atoms with Crippen molar-refractivity contribution in [3.63, 3.8) is 0 Å². The zero-order chi connectivity index (χ0) is 27.5. The van der Waals surface area contributed by atoms with Crippen LogP contribution >= 0.6 is 0 Å². The maximum absolute atomic E-state index is 13.6. The van der Waals surface area contributed by atoms with Gasteiger partial charge in [-0.2, -0.15) is 5.10 Å². The highest BCUT2D eigenvalue weighted by molar-refractivity contribution is 5.98. The van der Waals surface area contributed by atoms with Crippen LogP contribution in [0.2, 0.25) is 0 Å². The topological polar surface area (TPSA) is 87.0 Å². The molecule has 2 aliphatic heterocycles. The Kier molecular flexibility index (Phi) is 8.44. The lowest BCUT2D eigenvalue weighted by atomic mass is 9.99. The molecular weight excluding hydrogens is 499 g/mol. The van der Waals surface area contributed by atoms with Crippen molar-refractivity contribution in [2.24, 2.45) is 0 Å². The van der Waals surface area contributed by atoms with Crippen LogP contribution in [0.5, 0.6) is 0 Å². The molecule has 39 heavy (non-hydrogen) atoms. The molecule has 2 aliphatic rings. The molecule has 0 radical (unpaired) electrons. The van der Waals surface area contributed by atoms with Crippen LogP contribution in [0.4, 0.5) is 10.1 Å².